The van der Waals surface area contributed by atoms with Gasteiger partial charge in [-0.25, -0.2) is 4.79 Å². The number of carbonyl (C=O) groups is 1. The van der Waals surface area contributed by atoms with Crippen molar-refractivity contribution in [3.63, 3.8) is 0 Å². The van der Waals surface area contributed by atoms with E-state index in [0.717, 1.165) is 19.2 Å². The molecule has 0 aliphatic rings. The van der Waals surface area contributed by atoms with Crippen molar-refractivity contribution in [2.24, 2.45) is 0 Å². The van der Waals surface area contributed by atoms with Crippen molar-refractivity contribution in [2.45, 2.75) is 11.9 Å². The Morgan fingerprint density at radius 2 is 2.16 bits per heavy atom. The molecule has 1 aromatic carbocycles. The SMILES string of the molecule is COC(=O)c1cc([N+](=O)[O-])cc(CBr)c1OC(F)F. The van der Waals surface area contributed by atoms with Gasteiger partial charge in [0.15, 0.2) is 0 Å². The summed E-state index contributed by atoms with van der Waals surface area (Å²) in [5.41, 5.74) is -0.794. The monoisotopic (exact) mass is 339 g/mol. The van der Waals surface area contributed by atoms with Crippen LogP contribution in [0.2, 0.25) is 0 Å². The third kappa shape index (κ3) is 3.60. The van der Waals surface area contributed by atoms with Gasteiger partial charge in [0.1, 0.15) is 11.3 Å². The molecule has 0 heterocycles. The molecule has 0 aliphatic carbocycles. The molecule has 0 unspecified atom stereocenters. The molecule has 6 nitrogen and oxygen atoms in total. The van der Waals surface area contributed by atoms with E-state index in [9.17, 15) is 23.7 Å². The number of ether oxygens (including phenoxy) is 2. The van der Waals surface area contributed by atoms with Gasteiger partial charge in [0.05, 0.1) is 12.0 Å². The number of nitrogens with zero attached hydrogens (tertiary/aromatic N) is 1. The third-order valence-corrected chi connectivity index (χ3v) is 2.72. The number of hydrogen-bond acceptors (Lipinski definition) is 5. The highest BCUT2D eigenvalue weighted by Crippen LogP contribution is 2.32. The molecular weight excluding hydrogens is 332 g/mol. The minimum atomic E-state index is -3.16. The van der Waals surface area contributed by atoms with E-state index in [4.69, 9.17) is 0 Å². The van der Waals surface area contributed by atoms with Crippen LogP contribution in [0.15, 0.2) is 12.1 Å². The van der Waals surface area contributed by atoms with Gasteiger partial charge in [-0.1, -0.05) is 15.9 Å². The van der Waals surface area contributed by atoms with Crippen molar-refractivity contribution >= 4 is 27.6 Å². The highest BCUT2D eigenvalue weighted by molar-refractivity contribution is 9.08. The summed E-state index contributed by atoms with van der Waals surface area (Å²) in [5, 5.41) is 10.7. The second-order valence-corrected chi connectivity index (χ2v) is 3.80. The summed E-state index contributed by atoms with van der Waals surface area (Å²) < 4.78 is 33.3. The van der Waals surface area contributed by atoms with Crippen molar-refractivity contribution in [2.75, 3.05) is 7.11 Å². The molecule has 1 rings (SSSR count). The standard InChI is InChI=1S/C10H8BrF2NO5/c1-18-9(15)7-3-6(14(16)17)2-5(4-11)8(7)19-10(12)13/h2-3,10H,4H2,1H3. The number of methoxy groups -OCH3 is 1. The molecule has 19 heavy (non-hydrogen) atoms. The van der Waals surface area contributed by atoms with Gasteiger partial charge in [0.25, 0.3) is 5.69 Å². The van der Waals surface area contributed by atoms with E-state index in [-0.39, 0.29) is 10.9 Å². The molecule has 0 amide bonds. The summed E-state index contributed by atoms with van der Waals surface area (Å²) in [6.45, 7) is -3.16. The Bertz CT molecular complexity index is 509. The summed E-state index contributed by atoms with van der Waals surface area (Å²) in [5.74, 6) is -1.44. The minimum absolute atomic E-state index is 0.000722. The molecule has 0 fully saturated rings. The number of alkyl halides is 3. The first-order chi connectivity index (χ1) is 8.90. The van der Waals surface area contributed by atoms with Gasteiger partial charge < -0.3 is 9.47 Å². The number of non-ortho nitro benzene ring substituents is 1. The number of hydrogen-bond donors (Lipinski definition) is 0. The molecule has 0 atom stereocenters. The Morgan fingerprint density at radius 1 is 1.53 bits per heavy atom. The van der Waals surface area contributed by atoms with Crippen molar-refractivity contribution in [3.8, 4) is 5.75 Å². The molecular formula is C10H8BrF2NO5. The van der Waals surface area contributed by atoms with Crippen molar-refractivity contribution in [1.29, 1.82) is 0 Å². The van der Waals surface area contributed by atoms with Crippen LogP contribution in [0, 0.1) is 10.1 Å². The molecule has 0 aliphatic heterocycles. The van der Waals surface area contributed by atoms with Crippen LogP contribution in [-0.2, 0) is 10.1 Å². The zero-order valence-corrected chi connectivity index (χ0v) is 11.1. The molecule has 9 heteroatoms. The van der Waals surface area contributed by atoms with Crippen molar-refractivity contribution < 1.29 is 28.0 Å². The van der Waals surface area contributed by atoms with Gasteiger partial charge >= 0.3 is 12.6 Å². The summed E-state index contributed by atoms with van der Waals surface area (Å²) in [7, 11) is 1.03. The van der Waals surface area contributed by atoms with Crippen LogP contribution < -0.4 is 4.74 Å². The number of nitro benzene ring substituents is 1. The van der Waals surface area contributed by atoms with E-state index in [2.05, 4.69) is 25.4 Å². The lowest BCUT2D eigenvalue weighted by Gasteiger charge is -2.12. The Hall–Kier alpha value is -1.77. The number of nitro groups is 1. The quantitative estimate of drug-likeness (QED) is 0.356. The first kappa shape index (κ1) is 15.3. The fourth-order valence-corrected chi connectivity index (χ4v) is 1.78. The molecule has 1 aromatic rings. The molecule has 0 saturated heterocycles. The predicted molar refractivity (Wildman–Crippen MR) is 63.7 cm³/mol. The van der Waals surface area contributed by atoms with Crippen LogP contribution in [0.4, 0.5) is 14.5 Å². The van der Waals surface area contributed by atoms with Crippen LogP contribution in [-0.4, -0.2) is 24.6 Å². The number of carbonyl (C=O) groups excluding carboxylic acids is 1. The minimum Gasteiger partial charge on any atom is -0.465 e. The maximum Gasteiger partial charge on any atom is 0.387 e. The third-order valence-electron chi connectivity index (χ3n) is 2.12. The van der Waals surface area contributed by atoms with Gasteiger partial charge in [-0.3, -0.25) is 10.1 Å². The Morgan fingerprint density at radius 3 is 2.58 bits per heavy atom. The van der Waals surface area contributed by atoms with Gasteiger partial charge in [-0.05, 0) is 0 Å². The number of rotatable bonds is 5. The fourth-order valence-electron chi connectivity index (χ4n) is 1.37. The second-order valence-electron chi connectivity index (χ2n) is 3.24. The first-order valence-corrected chi connectivity index (χ1v) is 5.93. The highest BCUT2D eigenvalue weighted by Gasteiger charge is 2.24. The van der Waals surface area contributed by atoms with E-state index in [1.54, 1.807) is 0 Å². The van der Waals surface area contributed by atoms with E-state index in [1.807, 2.05) is 0 Å². The number of halogens is 3. The van der Waals surface area contributed by atoms with E-state index in [0.29, 0.717) is 0 Å². The zero-order valence-electron chi connectivity index (χ0n) is 9.56. The van der Waals surface area contributed by atoms with Gasteiger partial charge in [0.2, 0.25) is 0 Å². The van der Waals surface area contributed by atoms with Gasteiger partial charge in [-0.15, -0.1) is 0 Å². The van der Waals surface area contributed by atoms with Crippen LogP contribution in [0.1, 0.15) is 15.9 Å². The van der Waals surface area contributed by atoms with Crippen LogP contribution in [0.5, 0.6) is 5.75 Å². The molecule has 0 spiro atoms. The van der Waals surface area contributed by atoms with Crippen LogP contribution in [0.3, 0.4) is 0 Å². The normalized spacial score (nSPS) is 10.4. The molecule has 0 aromatic heterocycles. The Kier molecular flexibility index (Phi) is 5.16. The molecule has 104 valence electrons. The smallest absolute Gasteiger partial charge is 0.387 e. The van der Waals surface area contributed by atoms with Crippen molar-refractivity contribution in [3.05, 3.63) is 33.4 Å². The summed E-state index contributed by atoms with van der Waals surface area (Å²) in [6, 6.07) is 1.87. The van der Waals surface area contributed by atoms with E-state index < -0.39 is 34.5 Å². The highest BCUT2D eigenvalue weighted by atomic mass is 79.9. The summed E-state index contributed by atoms with van der Waals surface area (Å²) >= 11 is 2.99. The maximum absolute atomic E-state index is 12.3. The molecule has 0 bridgehead atoms. The maximum atomic E-state index is 12.3. The summed E-state index contributed by atoms with van der Waals surface area (Å²) in [6.07, 6.45) is 0. The lowest BCUT2D eigenvalue weighted by molar-refractivity contribution is -0.385. The first-order valence-electron chi connectivity index (χ1n) is 4.81. The summed E-state index contributed by atoms with van der Waals surface area (Å²) in [4.78, 5) is 21.4. The van der Waals surface area contributed by atoms with E-state index >= 15 is 0 Å². The second kappa shape index (κ2) is 6.41. The van der Waals surface area contributed by atoms with Gasteiger partial charge in [0, 0.05) is 23.0 Å². The molecule has 0 saturated carbocycles. The molecule has 0 N–H and O–H groups in total. The average Bonchev–Trinajstić information content (AvgIpc) is 2.36. The van der Waals surface area contributed by atoms with Crippen LogP contribution >= 0.6 is 15.9 Å². The predicted octanol–water partition coefficient (Wildman–Crippen LogP) is 2.88. The average molecular weight is 340 g/mol. The van der Waals surface area contributed by atoms with E-state index in [1.165, 1.54) is 0 Å². The van der Waals surface area contributed by atoms with Crippen LogP contribution in [0.25, 0.3) is 0 Å². The lowest BCUT2D eigenvalue weighted by atomic mass is 10.1. The Labute approximate surface area is 114 Å². The zero-order chi connectivity index (χ0) is 14.6. The van der Waals surface area contributed by atoms with Gasteiger partial charge in [-0.2, -0.15) is 8.78 Å². The van der Waals surface area contributed by atoms with Crippen molar-refractivity contribution in [1.82, 2.24) is 0 Å². The fraction of sp³-hybridized carbons (Fsp3) is 0.300. The number of benzene rings is 1. The lowest BCUT2D eigenvalue weighted by Crippen LogP contribution is -2.12. The Balaban J connectivity index is 3.47. The topological polar surface area (TPSA) is 78.7 Å². The number of esters is 1. The molecule has 0 radical (unpaired) electrons. The largest absolute Gasteiger partial charge is 0.465 e.